The summed E-state index contributed by atoms with van der Waals surface area (Å²) in [6.45, 7) is 1.89. The Bertz CT molecular complexity index is 531. The molecule has 0 aliphatic heterocycles. The molecular weight excluding hydrogens is 194 g/mol. The molecule has 0 N–H and O–H groups in total. The second kappa shape index (κ2) is 3.34. The Morgan fingerprint density at radius 2 is 2.13 bits per heavy atom. The van der Waals surface area contributed by atoms with Gasteiger partial charge in [0.15, 0.2) is 11.3 Å². The average molecular weight is 205 g/mol. The van der Waals surface area contributed by atoms with E-state index in [9.17, 15) is 4.79 Å². The number of imidazole rings is 1. The van der Waals surface area contributed by atoms with Crippen LogP contribution in [0.5, 0.6) is 0 Å². The Kier molecular flexibility index (Phi) is 2.15. The zero-order valence-corrected chi connectivity index (χ0v) is 8.81. The molecule has 78 valence electrons. The lowest BCUT2D eigenvalue weighted by molar-refractivity contribution is 0.0594. The fourth-order valence-electron chi connectivity index (χ4n) is 1.40. The number of hydrogen-bond acceptors (Lipinski definition) is 4. The van der Waals surface area contributed by atoms with Crippen LogP contribution < -0.4 is 0 Å². The van der Waals surface area contributed by atoms with E-state index < -0.39 is 5.97 Å². The molecule has 0 saturated heterocycles. The van der Waals surface area contributed by atoms with Gasteiger partial charge in [-0.15, -0.1) is 0 Å². The Labute approximate surface area is 86.7 Å². The van der Waals surface area contributed by atoms with E-state index in [4.69, 9.17) is 0 Å². The van der Waals surface area contributed by atoms with Crippen molar-refractivity contribution in [3.05, 3.63) is 23.7 Å². The number of carbonyl (C=O) groups is 1. The first-order valence-electron chi connectivity index (χ1n) is 4.52. The molecule has 0 spiro atoms. The molecule has 0 aromatic carbocycles. The van der Waals surface area contributed by atoms with Crippen LogP contribution in [0.3, 0.4) is 0 Å². The van der Waals surface area contributed by atoms with Crippen LogP contribution in [0, 0.1) is 6.92 Å². The fraction of sp³-hybridized carbons (Fsp3) is 0.300. The summed E-state index contributed by atoms with van der Waals surface area (Å²) in [6.07, 6.45) is 0. The van der Waals surface area contributed by atoms with Crippen LogP contribution in [0.1, 0.15) is 16.3 Å². The molecule has 2 heterocycles. The molecule has 0 amide bonds. The van der Waals surface area contributed by atoms with E-state index in [-0.39, 0.29) is 0 Å². The number of fused-ring (bicyclic) bond motifs is 1. The van der Waals surface area contributed by atoms with Crippen LogP contribution in [0.25, 0.3) is 11.2 Å². The monoisotopic (exact) mass is 205 g/mol. The maximum Gasteiger partial charge on any atom is 0.356 e. The largest absolute Gasteiger partial charge is 0.464 e. The number of aryl methyl sites for hydroxylation is 2. The minimum Gasteiger partial charge on any atom is -0.464 e. The van der Waals surface area contributed by atoms with E-state index in [0.717, 1.165) is 11.3 Å². The molecule has 0 aliphatic rings. The lowest BCUT2D eigenvalue weighted by atomic mass is 10.3. The van der Waals surface area contributed by atoms with Gasteiger partial charge in [-0.05, 0) is 19.1 Å². The fourth-order valence-corrected chi connectivity index (χ4v) is 1.40. The normalized spacial score (nSPS) is 10.6. The highest BCUT2D eigenvalue weighted by Crippen LogP contribution is 2.13. The Hall–Kier alpha value is -1.91. The lowest BCUT2D eigenvalue weighted by Crippen LogP contribution is -2.04. The van der Waals surface area contributed by atoms with E-state index in [0.29, 0.717) is 11.3 Å². The summed E-state index contributed by atoms with van der Waals surface area (Å²) in [5.74, 6) is 0.426. The molecule has 0 atom stereocenters. The summed E-state index contributed by atoms with van der Waals surface area (Å²) in [6, 6.07) is 3.38. The van der Waals surface area contributed by atoms with Crippen molar-refractivity contribution in [3.8, 4) is 0 Å². The van der Waals surface area contributed by atoms with E-state index in [1.807, 2.05) is 18.5 Å². The van der Waals surface area contributed by atoms with Crippen molar-refractivity contribution in [1.82, 2.24) is 14.5 Å². The van der Waals surface area contributed by atoms with Crippen LogP contribution in [0.15, 0.2) is 12.1 Å². The summed E-state index contributed by atoms with van der Waals surface area (Å²) in [5, 5.41) is 0. The van der Waals surface area contributed by atoms with Crippen molar-refractivity contribution >= 4 is 17.1 Å². The predicted molar refractivity (Wildman–Crippen MR) is 54.6 cm³/mol. The molecule has 15 heavy (non-hydrogen) atoms. The van der Waals surface area contributed by atoms with Gasteiger partial charge in [0.1, 0.15) is 11.3 Å². The van der Waals surface area contributed by atoms with Gasteiger partial charge in [0, 0.05) is 7.05 Å². The topological polar surface area (TPSA) is 57.0 Å². The zero-order chi connectivity index (χ0) is 11.0. The van der Waals surface area contributed by atoms with E-state index in [1.54, 1.807) is 12.1 Å². The first kappa shape index (κ1) is 9.64. The van der Waals surface area contributed by atoms with Gasteiger partial charge in [-0.1, -0.05) is 0 Å². The standard InChI is InChI=1S/C10H11N3O2/c1-6-11-7-4-5-8(10(14)15-3)12-9(7)13(6)2/h4-5H,1-3H3. The first-order valence-corrected chi connectivity index (χ1v) is 4.52. The molecule has 2 rings (SSSR count). The molecule has 5 nitrogen and oxygen atoms in total. The van der Waals surface area contributed by atoms with Crippen LogP contribution in [-0.2, 0) is 11.8 Å². The molecule has 0 fully saturated rings. The summed E-state index contributed by atoms with van der Waals surface area (Å²) in [5.41, 5.74) is 1.77. The molecule has 0 aliphatic carbocycles. The van der Waals surface area contributed by atoms with Crippen LogP contribution in [0.2, 0.25) is 0 Å². The van der Waals surface area contributed by atoms with Crippen molar-refractivity contribution in [2.45, 2.75) is 6.92 Å². The van der Waals surface area contributed by atoms with Crippen molar-refractivity contribution in [2.75, 3.05) is 7.11 Å². The SMILES string of the molecule is COC(=O)c1ccc2nc(C)n(C)c2n1. The number of pyridine rings is 1. The Morgan fingerprint density at radius 3 is 2.80 bits per heavy atom. The zero-order valence-electron chi connectivity index (χ0n) is 8.81. The highest BCUT2D eigenvalue weighted by Gasteiger charge is 2.11. The second-order valence-electron chi connectivity index (χ2n) is 3.25. The molecule has 0 saturated carbocycles. The summed E-state index contributed by atoms with van der Waals surface area (Å²) < 4.78 is 6.44. The molecule has 2 aromatic heterocycles. The van der Waals surface area contributed by atoms with E-state index in [2.05, 4.69) is 14.7 Å². The highest BCUT2D eigenvalue weighted by atomic mass is 16.5. The van der Waals surface area contributed by atoms with Crippen molar-refractivity contribution in [3.63, 3.8) is 0 Å². The van der Waals surface area contributed by atoms with Gasteiger partial charge in [0.2, 0.25) is 0 Å². The molecule has 0 unspecified atom stereocenters. The smallest absolute Gasteiger partial charge is 0.356 e. The first-order chi connectivity index (χ1) is 7.13. The van der Waals surface area contributed by atoms with Gasteiger partial charge in [-0.25, -0.2) is 14.8 Å². The van der Waals surface area contributed by atoms with Gasteiger partial charge in [0.25, 0.3) is 0 Å². The number of methoxy groups -OCH3 is 1. The molecular formula is C10H11N3O2. The molecule has 2 aromatic rings. The van der Waals surface area contributed by atoms with Gasteiger partial charge in [0.05, 0.1) is 7.11 Å². The number of nitrogens with zero attached hydrogens (tertiary/aromatic N) is 3. The molecule has 5 heteroatoms. The van der Waals surface area contributed by atoms with Crippen molar-refractivity contribution in [2.24, 2.45) is 7.05 Å². The predicted octanol–water partition coefficient (Wildman–Crippen LogP) is 1.06. The second-order valence-corrected chi connectivity index (χ2v) is 3.25. The highest BCUT2D eigenvalue weighted by molar-refractivity contribution is 5.89. The van der Waals surface area contributed by atoms with Crippen molar-refractivity contribution < 1.29 is 9.53 Å². The van der Waals surface area contributed by atoms with Crippen LogP contribution in [0.4, 0.5) is 0 Å². The van der Waals surface area contributed by atoms with Gasteiger partial charge >= 0.3 is 5.97 Å². The van der Waals surface area contributed by atoms with Gasteiger partial charge < -0.3 is 9.30 Å². The van der Waals surface area contributed by atoms with E-state index >= 15 is 0 Å². The molecule has 0 bridgehead atoms. The number of carbonyl (C=O) groups excluding carboxylic acids is 1. The summed E-state index contributed by atoms with van der Waals surface area (Å²) in [7, 11) is 3.20. The Balaban J connectivity index is 2.64. The number of rotatable bonds is 1. The van der Waals surface area contributed by atoms with E-state index in [1.165, 1.54) is 7.11 Å². The number of ether oxygens (including phenoxy) is 1. The summed E-state index contributed by atoms with van der Waals surface area (Å²) >= 11 is 0. The lowest BCUT2D eigenvalue weighted by Gasteiger charge is -1.99. The number of aromatic nitrogens is 3. The van der Waals surface area contributed by atoms with Gasteiger partial charge in [-0.3, -0.25) is 0 Å². The van der Waals surface area contributed by atoms with Crippen LogP contribution in [-0.4, -0.2) is 27.6 Å². The minimum absolute atomic E-state index is 0.299. The minimum atomic E-state index is -0.434. The summed E-state index contributed by atoms with van der Waals surface area (Å²) in [4.78, 5) is 19.7. The number of esters is 1. The van der Waals surface area contributed by atoms with Gasteiger partial charge in [-0.2, -0.15) is 0 Å². The maximum absolute atomic E-state index is 11.3. The molecule has 0 radical (unpaired) electrons. The Morgan fingerprint density at radius 1 is 1.40 bits per heavy atom. The third-order valence-electron chi connectivity index (χ3n) is 2.33. The maximum atomic E-state index is 11.3. The third kappa shape index (κ3) is 1.45. The van der Waals surface area contributed by atoms with Crippen LogP contribution >= 0.6 is 0 Å². The van der Waals surface area contributed by atoms with Crippen molar-refractivity contribution in [1.29, 1.82) is 0 Å². The number of hydrogen-bond donors (Lipinski definition) is 0. The third-order valence-corrected chi connectivity index (χ3v) is 2.33. The average Bonchev–Trinajstić information content (AvgIpc) is 2.54. The quantitative estimate of drug-likeness (QED) is 0.653.